The van der Waals surface area contributed by atoms with E-state index in [9.17, 15) is 38.7 Å². The van der Waals surface area contributed by atoms with Crippen LogP contribution >= 0.6 is 0 Å². The molecule has 1 aromatic heterocycles. The van der Waals surface area contributed by atoms with Crippen molar-refractivity contribution < 1.29 is 52.8 Å². The average Bonchev–Trinajstić information content (AvgIpc) is 3.80. The van der Waals surface area contributed by atoms with Crippen molar-refractivity contribution in [2.75, 3.05) is 39.1 Å². The summed E-state index contributed by atoms with van der Waals surface area (Å²) in [5.74, 6) is -6.41. The van der Waals surface area contributed by atoms with Gasteiger partial charge in [0.05, 0.1) is 0 Å². The zero-order valence-electron chi connectivity index (χ0n) is 37.7. The first kappa shape index (κ1) is 47.6. The highest BCUT2D eigenvalue weighted by molar-refractivity contribution is 6.01. The average molecular weight is 895 g/mol. The molecule has 3 aliphatic heterocycles. The molecule has 3 fully saturated rings. The molecule has 0 radical (unpaired) electrons. The number of nitrogens with zero attached hydrogens (tertiary/aromatic N) is 5. The van der Waals surface area contributed by atoms with Gasteiger partial charge in [-0.2, -0.15) is 4.57 Å². The topological polar surface area (TPSA) is 222 Å². The van der Waals surface area contributed by atoms with Crippen molar-refractivity contribution in [2.45, 2.75) is 108 Å². The first-order valence-corrected chi connectivity index (χ1v) is 22.1. The summed E-state index contributed by atoms with van der Waals surface area (Å²) >= 11 is 0. The fourth-order valence-corrected chi connectivity index (χ4v) is 8.66. The number of rotatable bonds is 8. The van der Waals surface area contributed by atoms with Gasteiger partial charge in [-0.3, -0.25) is 33.6 Å². The maximum Gasteiger partial charge on any atom is 0.333 e. The maximum absolute atomic E-state index is 15.0. The van der Waals surface area contributed by atoms with E-state index in [1.54, 1.807) is 44.2 Å². The van der Waals surface area contributed by atoms with Gasteiger partial charge in [-0.1, -0.05) is 55.5 Å². The largest absolute Gasteiger partial charge is 0.868 e. The monoisotopic (exact) mass is 894 g/mol. The van der Waals surface area contributed by atoms with E-state index >= 15 is 4.79 Å². The normalized spacial score (nSPS) is 25.0. The minimum atomic E-state index is -1.69. The number of amides is 6. The molecule has 18 heteroatoms. The number of piperidine rings is 1. The number of aromatic nitrogens is 1. The van der Waals surface area contributed by atoms with Crippen LogP contribution in [0.4, 0.5) is 5.69 Å². The third kappa shape index (κ3) is 10.6. The van der Waals surface area contributed by atoms with Crippen LogP contribution in [0.3, 0.4) is 0 Å². The summed E-state index contributed by atoms with van der Waals surface area (Å²) in [6, 6.07) is 10.1. The van der Waals surface area contributed by atoms with Gasteiger partial charge >= 0.3 is 11.9 Å². The number of pyridine rings is 1. The molecule has 346 valence electrons. The van der Waals surface area contributed by atoms with E-state index in [2.05, 4.69) is 16.0 Å². The molecule has 0 bridgehead atoms. The van der Waals surface area contributed by atoms with E-state index in [0.29, 0.717) is 12.0 Å². The number of anilines is 1. The predicted molar refractivity (Wildman–Crippen MR) is 234 cm³/mol. The van der Waals surface area contributed by atoms with Crippen LogP contribution in [-0.4, -0.2) is 132 Å². The van der Waals surface area contributed by atoms with E-state index in [0.717, 1.165) is 5.69 Å². The summed E-state index contributed by atoms with van der Waals surface area (Å²) in [5.41, 5.74) is 1.59. The Morgan fingerprint density at radius 1 is 0.862 bits per heavy atom. The Bertz CT molecular complexity index is 2290. The third-order valence-corrected chi connectivity index (χ3v) is 12.4. The molecular weight excluding hydrogens is 837 g/mol. The van der Waals surface area contributed by atoms with Crippen molar-refractivity contribution in [3.8, 4) is 5.75 Å². The first-order valence-electron chi connectivity index (χ1n) is 22.1. The lowest BCUT2D eigenvalue weighted by Gasteiger charge is -2.40. The lowest BCUT2D eigenvalue weighted by molar-refractivity contribution is -0.697. The van der Waals surface area contributed by atoms with Gasteiger partial charge in [0.1, 0.15) is 48.6 Å². The Morgan fingerprint density at radius 2 is 1.55 bits per heavy atom. The quantitative estimate of drug-likeness (QED) is 0.209. The molecular formula is C47H58N8O10. The highest BCUT2D eigenvalue weighted by atomic mass is 16.5. The van der Waals surface area contributed by atoms with Crippen LogP contribution in [0.15, 0.2) is 72.9 Å². The van der Waals surface area contributed by atoms with Gasteiger partial charge in [-0.05, 0) is 62.1 Å². The van der Waals surface area contributed by atoms with Gasteiger partial charge in [0.25, 0.3) is 5.69 Å². The van der Waals surface area contributed by atoms with E-state index < -0.39 is 89.5 Å². The molecule has 4 heterocycles. The maximum atomic E-state index is 15.0. The number of ketones is 1. The van der Waals surface area contributed by atoms with Gasteiger partial charge in [0, 0.05) is 65.2 Å². The summed E-state index contributed by atoms with van der Waals surface area (Å²) in [4.78, 5) is 120. The fourth-order valence-electron chi connectivity index (χ4n) is 8.66. The number of aryl methyl sites for hydroxylation is 1. The highest BCUT2D eigenvalue weighted by Gasteiger charge is 2.46. The van der Waals surface area contributed by atoms with Gasteiger partial charge in [-0.25, -0.2) is 4.79 Å². The van der Waals surface area contributed by atoms with Crippen LogP contribution < -0.4 is 30.5 Å². The molecule has 3 N–H and O–H groups in total. The molecule has 0 saturated carbocycles. The van der Waals surface area contributed by atoms with Gasteiger partial charge in [0.15, 0.2) is 12.2 Å². The number of hydrogen-bond donors (Lipinski definition) is 3. The number of nitrogens with one attached hydrogen (secondary N) is 3. The Hall–Kier alpha value is -6.85. The van der Waals surface area contributed by atoms with Crippen molar-refractivity contribution in [1.82, 2.24) is 30.7 Å². The number of hydrogen-bond acceptors (Lipinski definition) is 11. The molecule has 0 spiro atoms. The molecule has 2 aromatic carbocycles. The number of carbonyl (C=O) groups excluding carboxylic acids is 8. The molecule has 3 aromatic rings. The standard InChI is InChI=1S/C47H58N8O10/c1-7-33-44(61)54-24-12-16-34(54)45(62)52(6)36(26-29-18-20-31(21-19-29)51(4)5)46(63)55-25-22-32(56)27-35(55)41(58)50-39(30-14-10-9-11-15-30)47(64)65-28(3)38(42(59)48-33)49-43(60)40-37(57)17-13-23-53(40)8-2/h9-11,13-15,17-21,23,28,33-36,38-39H,7-8,12,16,22,24-27H2,1-6H3,(H3-,48,49,50,57,58,59,60)/t28-,33-,34+,35+,36+,38+,39+/m1/s1. The third-order valence-electron chi connectivity index (χ3n) is 12.4. The number of Topliss-reactive ketones (excluding diaryl/α,β-unsaturated/α-hetero) is 1. The van der Waals surface area contributed by atoms with E-state index in [4.69, 9.17) is 4.74 Å². The smallest absolute Gasteiger partial charge is 0.333 e. The predicted octanol–water partition coefficient (Wildman–Crippen LogP) is 0.550. The molecule has 6 rings (SSSR count). The highest BCUT2D eigenvalue weighted by Crippen LogP contribution is 2.27. The molecule has 3 aliphatic rings. The SMILES string of the molecule is CC[C@H]1NC(=O)[C@@H](NC(=O)c2c([O-])ccc[n+]2CC)[C@@H](C)OC(=O)[C@H](c2ccccc2)NC(=O)[C@@H]2CC(=O)CCN2C(=O)[C@H](Cc2ccc(N(C)C)cc2)N(C)C(=O)[C@@H]2CCCN2C1=O. The molecule has 18 nitrogen and oxygen atoms in total. The van der Waals surface area contributed by atoms with Crippen molar-refractivity contribution >= 4 is 52.9 Å². The van der Waals surface area contributed by atoms with E-state index in [1.165, 1.54) is 51.6 Å². The molecule has 6 amide bonds. The van der Waals surface area contributed by atoms with Crippen LogP contribution in [-0.2, 0) is 51.3 Å². The molecule has 3 saturated heterocycles. The van der Waals surface area contributed by atoms with Gasteiger partial charge in [-0.15, -0.1) is 0 Å². The number of benzene rings is 2. The number of likely N-dealkylation sites (N-methyl/N-ethyl adjacent to an activating group) is 1. The lowest BCUT2D eigenvalue weighted by Crippen LogP contribution is -2.61. The van der Waals surface area contributed by atoms with Crippen LogP contribution in [0.1, 0.15) is 80.5 Å². The van der Waals surface area contributed by atoms with Gasteiger partial charge < -0.3 is 45.4 Å². The number of carbonyl (C=O) groups is 8. The first-order chi connectivity index (χ1) is 31.0. The Labute approximate surface area is 378 Å². The van der Waals surface area contributed by atoms with Crippen LogP contribution in [0.25, 0.3) is 0 Å². The molecule has 0 aliphatic carbocycles. The van der Waals surface area contributed by atoms with E-state index in [-0.39, 0.29) is 68.8 Å². The summed E-state index contributed by atoms with van der Waals surface area (Å²) in [6.45, 7) is 4.98. The van der Waals surface area contributed by atoms with Crippen LogP contribution in [0, 0.1) is 0 Å². The molecule has 0 unspecified atom stereocenters. The minimum absolute atomic E-state index is 0.0287. The Morgan fingerprint density at radius 3 is 2.22 bits per heavy atom. The second kappa shape index (κ2) is 20.8. The van der Waals surface area contributed by atoms with Crippen molar-refractivity contribution in [3.05, 3.63) is 89.7 Å². The zero-order chi connectivity index (χ0) is 47.1. The fraction of sp³-hybridized carbons (Fsp3) is 0.468. The number of cyclic esters (lactones) is 1. The Balaban J connectivity index is 1.44. The summed E-state index contributed by atoms with van der Waals surface area (Å²) < 4.78 is 7.30. The second-order valence-electron chi connectivity index (χ2n) is 16.9. The summed E-state index contributed by atoms with van der Waals surface area (Å²) in [6.07, 6.45) is 0.425. The van der Waals surface area contributed by atoms with Crippen LogP contribution in [0.2, 0.25) is 0 Å². The molecule has 7 atom stereocenters. The van der Waals surface area contributed by atoms with Crippen molar-refractivity contribution in [1.29, 1.82) is 0 Å². The number of ether oxygens (including phenoxy) is 1. The lowest BCUT2D eigenvalue weighted by atomic mass is 9.95. The van der Waals surface area contributed by atoms with Gasteiger partial charge in [0.2, 0.25) is 29.5 Å². The number of fused-ring (bicyclic) bond motifs is 2. The van der Waals surface area contributed by atoms with Crippen molar-refractivity contribution in [3.63, 3.8) is 0 Å². The van der Waals surface area contributed by atoms with E-state index in [1.807, 2.05) is 43.3 Å². The molecule has 65 heavy (non-hydrogen) atoms. The summed E-state index contributed by atoms with van der Waals surface area (Å²) in [5, 5.41) is 20.9. The minimum Gasteiger partial charge on any atom is -0.868 e. The second-order valence-corrected chi connectivity index (χ2v) is 16.9. The van der Waals surface area contributed by atoms with Crippen molar-refractivity contribution in [2.24, 2.45) is 0 Å². The summed E-state index contributed by atoms with van der Waals surface area (Å²) in [7, 11) is 5.26. The zero-order valence-corrected chi connectivity index (χ0v) is 37.7. The Kier molecular flexibility index (Phi) is 15.2. The number of esters is 1. The van der Waals surface area contributed by atoms with Crippen LogP contribution in [0.5, 0.6) is 5.75 Å².